The third-order valence-corrected chi connectivity index (χ3v) is 3.31. The average Bonchev–Trinajstić information content (AvgIpc) is 2.27. The lowest BCUT2D eigenvalue weighted by molar-refractivity contribution is 0.0595. The fourth-order valence-electron chi connectivity index (χ4n) is 2.16. The van der Waals surface area contributed by atoms with Gasteiger partial charge in [0.2, 0.25) is 0 Å². The molecule has 1 saturated heterocycles. The molecule has 1 aliphatic rings. The van der Waals surface area contributed by atoms with Crippen molar-refractivity contribution in [2.45, 2.75) is 38.8 Å². The molecule has 0 aromatic carbocycles. The quantitative estimate of drug-likeness (QED) is 0.692. The first kappa shape index (κ1) is 13.7. The molecule has 0 amide bonds. The molecular formula is C13H26N2O. The zero-order valence-electron chi connectivity index (χ0n) is 10.7. The van der Waals surface area contributed by atoms with Crippen LogP contribution < -0.4 is 0 Å². The summed E-state index contributed by atoms with van der Waals surface area (Å²) in [4.78, 5) is 4.86. The maximum Gasteiger partial charge on any atom is 0.0670 e. The minimum atomic E-state index is -0.191. The van der Waals surface area contributed by atoms with Crippen LogP contribution in [0.4, 0.5) is 0 Å². The van der Waals surface area contributed by atoms with E-state index in [4.69, 9.17) is 0 Å². The number of hydrogen-bond donors (Lipinski definition) is 1. The molecule has 16 heavy (non-hydrogen) atoms. The number of aliphatic hydroxyl groups is 1. The molecule has 1 rings (SSSR count). The molecule has 0 saturated carbocycles. The third-order valence-electron chi connectivity index (χ3n) is 3.31. The van der Waals surface area contributed by atoms with Crippen LogP contribution in [0.3, 0.4) is 0 Å². The van der Waals surface area contributed by atoms with Crippen LogP contribution in [0.15, 0.2) is 12.7 Å². The highest BCUT2D eigenvalue weighted by Gasteiger charge is 2.20. The van der Waals surface area contributed by atoms with Crippen molar-refractivity contribution in [3.63, 3.8) is 0 Å². The number of β-amino-alcohol motifs (C(OH)–C–C–N with tert-alkyl or cyclic N) is 1. The molecule has 1 fully saturated rings. The second-order valence-corrected chi connectivity index (χ2v) is 4.95. The van der Waals surface area contributed by atoms with Gasteiger partial charge in [-0.25, -0.2) is 0 Å². The van der Waals surface area contributed by atoms with Gasteiger partial charge >= 0.3 is 0 Å². The van der Waals surface area contributed by atoms with Gasteiger partial charge < -0.3 is 5.11 Å². The van der Waals surface area contributed by atoms with Gasteiger partial charge in [-0.1, -0.05) is 6.08 Å². The van der Waals surface area contributed by atoms with Crippen LogP contribution in [0.1, 0.15) is 26.7 Å². The van der Waals surface area contributed by atoms with Crippen molar-refractivity contribution in [3.05, 3.63) is 12.7 Å². The fraction of sp³-hybridized carbons (Fsp3) is 0.846. The van der Waals surface area contributed by atoms with Gasteiger partial charge in [-0.15, -0.1) is 6.58 Å². The second kappa shape index (κ2) is 7.05. The Hall–Kier alpha value is -0.380. The molecule has 0 bridgehead atoms. The van der Waals surface area contributed by atoms with Crippen LogP contribution in [-0.2, 0) is 0 Å². The fourth-order valence-corrected chi connectivity index (χ4v) is 2.16. The molecular weight excluding hydrogens is 200 g/mol. The van der Waals surface area contributed by atoms with E-state index in [0.29, 0.717) is 6.04 Å². The Morgan fingerprint density at radius 2 is 1.88 bits per heavy atom. The Morgan fingerprint density at radius 1 is 1.25 bits per heavy atom. The number of allylic oxidation sites excluding steroid dienone is 1. The molecule has 1 aliphatic heterocycles. The van der Waals surface area contributed by atoms with Gasteiger partial charge in [0.25, 0.3) is 0 Å². The molecule has 3 nitrogen and oxygen atoms in total. The van der Waals surface area contributed by atoms with E-state index in [0.717, 1.165) is 45.6 Å². The largest absolute Gasteiger partial charge is 0.392 e. The number of piperazine rings is 1. The molecule has 0 spiro atoms. The topological polar surface area (TPSA) is 26.7 Å². The standard InChI is InChI=1S/C13H26N2O/c1-4-5-6-13(16)11-14-7-9-15(10-8-14)12(2)3/h4,12-13,16H,1,5-11H2,2-3H3. The van der Waals surface area contributed by atoms with Gasteiger partial charge in [0, 0.05) is 38.8 Å². The summed E-state index contributed by atoms with van der Waals surface area (Å²) in [5, 5.41) is 9.80. The van der Waals surface area contributed by atoms with Crippen molar-refractivity contribution < 1.29 is 5.11 Å². The summed E-state index contributed by atoms with van der Waals surface area (Å²) >= 11 is 0. The minimum Gasteiger partial charge on any atom is -0.392 e. The van der Waals surface area contributed by atoms with Crippen LogP contribution in [0.5, 0.6) is 0 Å². The molecule has 1 atom stereocenters. The van der Waals surface area contributed by atoms with Gasteiger partial charge in [-0.2, -0.15) is 0 Å². The Morgan fingerprint density at radius 3 is 2.38 bits per heavy atom. The maximum atomic E-state index is 9.80. The zero-order valence-corrected chi connectivity index (χ0v) is 10.7. The van der Waals surface area contributed by atoms with E-state index < -0.39 is 0 Å². The van der Waals surface area contributed by atoms with Gasteiger partial charge in [0.1, 0.15) is 0 Å². The van der Waals surface area contributed by atoms with Crippen LogP contribution in [0.25, 0.3) is 0 Å². The van der Waals surface area contributed by atoms with E-state index in [1.807, 2.05) is 6.08 Å². The summed E-state index contributed by atoms with van der Waals surface area (Å²) < 4.78 is 0. The second-order valence-electron chi connectivity index (χ2n) is 4.95. The van der Waals surface area contributed by atoms with Crippen molar-refractivity contribution in [2.24, 2.45) is 0 Å². The highest BCUT2D eigenvalue weighted by Crippen LogP contribution is 2.08. The molecule has 0 aromatic heterocycles. The van der Waals surface area contributed by atoms with Crippen LogP contribution in [0.2, 0.25) is 0 Å². The Kier molecular flexibility index (Phi) is 6.03. The summed E-state index contributed by atoms with van der Waals surface area (Å²) in [5.74, 6) is 0. The summed E-state index contributed by atoms with van der Waals surface area (Å²) in [6.45, 7) is 13.4. The zero-order chi connectivity index (χ0) is 12.0. The predicted octanol–water partition coefficient (Wildman–Crippen LogP) is 1.34. The van der Waals surface area contributed by atoms with Crippen molar-refractivity contribution >= 4 is 0 Å². The minimum absolute atomic E-state index is 0.191. The third kappa shape index (κ3) is 4.64. The van der Waals surface area contributed by atoms with E-state index in [2.05, 4.69) is 30.2 Å². The molecule has 0 aromatic rings. The Labute approximate surface area is 99.7 Å². The highest BCUT2D eigenvalue weighted by atomic mass is 16.3. The molecule has 0 aliphatic carbocycles. The van der Waals surface area contributed by atoms with Crippen LogP contribution >= 0.6 is 0 Å². The average molecular weight is 226 g/mol. The van der Waals surface area contributed by atoms with Gasteiger partial charge in [-0.3, -0.25) is 9.80 Å². The first-order valence-electron chi connectivity index (χ1n) is 6.39. The van der Waals surface area contributed by atoms with Gasteiger partial charge in [0.15, 0.2) is 0 Å². The van der Waals surface area contributed by atoms with E-state index >= 15 is 0 Å². The van der Waals surface area contributed by atoms with Gasteiger partial charge in [0.05, 0.1) is 6.10 Å². The summed E-state index contributed by atoms with van der Waals surface area (Å²) in [7, 11) is 0. The van der Waals surface area contributed by atoms with Crippen molar-refractivity contribution in [1.82, 2.24) is 9.80 Å². The number of aliphatic hydroxyl groups excluding tert-OH is 1. The van der Waals surface area contributed by atoms with E-state index in [9.17, 15) is 5.11 Å². The SMILES string of the molecule is C=CCCC(O)CN1CCN(C(C)C)CC1. The monoisotopic (exact) mass is 226 g/mol. The maximum absolute atomic E-state index is 9.80. The smallest absolute Gasteiger partial charge is 0.0670 e. The number of rotatable bonds is 6. The summed E-state index contributed by atoms with van der Waals surface area (Å²) in [5.41, 5.74) is 0. The lowest BCUT2D eigenvalue weighted by Gasteiger charge is -2.37. The summed E-state index contributed by atoms with van der Waals surface area (Å²) in [6.07, 6.45) is 3.43. The normalized spacial score (nSPS) is 21.2. The van der Waals surface area contributed by atoms with E-state index in [1.165, 1.54) is 0 Å². The Bertz CT molecular complexity index is 198. The first-order chi connectivity index (χ1) is 7.63. The van der Waals surface area contributed by atoms with Gasteiger partial charge in [-0.05, 0) is 26.7 Å². The summed E-state index contributed by atoms with van der Waals surface area (Å²) in [6, 6.07) is 0.646. The highest BCUT2D eigenvalue weighted by molar-refractivity contribution is 4.77. The molecule has 94 valence electrons. The van der Waals surface area contributed by atoms with Crippen LogP contribution in [0, 0.1) is 0 Å². The Balaban J connectivity index is 2.18. The predicted molar refractivity (Wildman–Crippen MR) is 68.6 cm³/mol. The number of nitrogens with zero attached hydrogens (tertiary/aromatic N) is 2. The van der Waals surface area contributed by atoms with Crippen molar-refractivity contribution in [3.8, 4) is 0 Å². The van der Waals surface area contributed by atoms with E-state index in [1.54, 1.807) is 0 Å². The molecule has 1 heterocycles. The lowest BCUT2D eigenvalue weighted by Crippen LogP contribution is -2.50. The number of hydrogen-bond acceptors (Lipinski definition) is 3. The van der Waals surface area contributed by atoms with E-state index in [-0.39, 0.29) is 6.10 Å². The molecule has 3 heteroatoms. The molecule has 1 unspecified atom stereocenters. The first-order valence-corrected chi connectivity index (χ1v) is 6.39. The van der Waals surface area contributed by atoms with Crippen molar-refractivity contribution in [2.75, 3.05) is 32.7 Å². The van der Waals surface area contributed by atoms with Crippen molar-refractivity contribution in [1.29, 1.82) is 0 Å². The van der Waals surface area contributed by atoms with Crippen LogP contribution in [-0.4, -0.2) is 59.8 Å². The lowest BCUT2D eigenvalue weighted by atomic mass is 10.1. The molecule has 0 radical (unpaired) electrons. The molecule has 1 N–H and O–H groups in total.